The van der Waals surface area contributed by atoms with Gasteiger partial charge < -0.3 is 19.9 Å². The maximum absolute atomic E-state index is 13.4. The highest BCUT2D eigenvalue weighted by atomic mass is 16.5. The van der Waals surface area contributed by atoms with E-state index in [4.69, 9.17) is 19.8 Å². The molecule has 2 N–H and O–H groups in total. The number of nitrogens with zero attached hydrogens (tertiary/aromatic N) is 7. The molecule has 7 aliphatic rings. The Bertz CT molecular complexity index is 2150. The first kappa shape index (κ1) is 38.3. The third kappa shape index (κ3) is 7.04. The molecule has 4 aliphatic heterocycles. The van der Waals surface area contributed by atoms with E-state index in [0.29, 0.717) is 30.1 Å². The number of fused-ring (bicyclic) bond motifs is 7. The zero-order valence-corrected chi connectivity index (χ0v) is 33.4. The minimum absolute atomic E-state index is 0.0165. The molecule has 0 spiro atoms. The van der Waals surface area contributed by atoms with Gasteiger partial charge in [-0.3, -0.25) is 14.6 Å². The Morgan fingerprint density at radius 1 is 1.05 bits per heavy atom. The van der Waals surface area contributed by atoms with E-state index in [1.807, 2.05) is 36.6 Å². The van der Waals surface area contributed by atoms with Crippen LogP contribution in [0.25, 0.3) is 11.3 Å². The summed E-state index contributed by atoms with van der Waals surface area (Å²) < 4.78 is 3.86. The number of hydrogen-bond donors (Lipinski definition) is 2. The Balaban J connectivity index is 0.00000109. The smallest absolute Gasteiger partial charge is 0.292 e. The lowest BCUT2D eigenvalue weighted by atomic mass is 9.80. The number of hydrazine groups is 1. The van der Waals surface area contributed by atoms with Crippen LogP contribution in [0, 0.1) is 29.6 Å². The molecule has 296 valence electrons. The normalized spacial score (nSPS) is 26.1. The van der Waals surface area contributed by atoms with E-state index in [1.54, 1.807) is 6.20 Å². The maximum atomic E-state index is 13.4. The number of allylic oxidation sites excluding steroid dienone is 7. The van der Waals surface area contributed by atoms with Crippen molar-refractivity contribution < 1.29 is 14.3 Å². The van der Waals surface area contributed by atoms with Crippen molar-refractivity contribution in [3.8, 4) is 0 Å². The number of methoxy groups -OCH3 is 1. The molecule has 3 aliphatic carbocycles. The molecule has 1 amide bonds. The van der Waals surface area contributed by atoms with Gasteiger partial charge in [0.1, 0.15) is 17.5 Å². The molecule has 4 fully saturated rings. The third-order valence-electron chi connectivity index (χ3n) is 12.7. The highest BCUT2D eigenvalue weighted by Crippen LogP contribution is 2.58. The van der Waals surface area contributed by atoms with Crippen LogP contribution in [-0.4, -0.2) is 80.7 Å². The first-order valence-electron chi connectivity index (χ1n) is 20.3. The van der Waals surface area contributed by atoms with E-state index in [1.165, 1.54) is 37.5 Å². The number of aromatic nitrogens is 3. The van der Waals surface area contributed by atoms with Gasteiger partial charge in [-0.15, -0.1) is 0 Å². The molecule has 2 saturated carbocycles. The van der Waals surface area contributed by atoms with E-state index in [9.17, 15) is 4.79 Å². The Labute approximate surface area is 335 Å². The van der Waals surface area contributed by atoms with E-state index >= 15 is 0 Å². The second-order valence-electron chi connectivity index (χ2n) is 16.3. The predicted octanol–water partition coefficient (Wildman–Crippen LogP) is 7.13. The van der Waals surface area contributed by atoms with E-state index < -0.39 is 0 Å². The number of amidine groups is 2. The summed E-state index contributed by atoms with van der Waals surface area (Å²) in [6.45, 7) is 14.3. The molecular formula is C45H53N9O3. The first-order chi connectivity index (χ1) is 27.7. The topological polar surface area (TPSA) is 131 Å². The van der Waals surface area contributed by atoms with Crippen molar-refractivity contribution in [2.45, 2.75) is 70.9 Å². The quantitative estimate of drug-likeness (QED) is 0.183. The maximum Gasteiger partial charge on any atom is 0.292 e. The summed E-state index contributed by atoms with van der Waals surface area (Å²) in [6, 6.07) is 3.84. The Morgan fingerprint density at radius 3 is 2.51 bits per heavy atom. The van der Waals surface area contributed by atoms with Crippen molar-refractivity contribution in [3.05, 3.63) is 120 Å². The highest BCUT2D eigenvalue weighted by Gasteiger charge is 2.60. The summed E-state index contributed by atoms with van der Waals surface area (Å²) in [7, 11) is 3.18. The summed E-state index contributed by atoms with van der Waals surface area (Å²) in [5.74, 6) is 5.71. The monoisotopic (exact) mass is 767 g/mol. The van der Waals surface area contributed by atoms with Crippen LogP contribution < -0.4 is 5.32 Å². The fourth-order valence-corrected chi connectivity index (χ4v) is 9.92. The first-order valence-corrected chi connectivity index (χ1v) is 20.3. The number of H-pyrrole nitrogens is 1. The number of likely N-dealkylation sites (N-methyl/N-ethyl adjacent to an activating group) is 1. The van der Waals surface area contributed by atoms with Gasteiger partial charge in [0.05, 0.1) is 54.9 Å². The van der Waals surface area contributed by atoms with Gasteiger partial charge in [0.2, 0.25) is 5.91 Å². The number of nitrogens with one attached hydrogen (secondary N) is 2. The lowest BCUT2D eigenvalue weighted by Crippen LogP contribution is -2.47. The lowest BCUT2D eigenvalue weighted by molar-refractivity contribution is -0.135. The van der Waals surface area contributed by atoms with Crippen LogP contribution in [0.3, 0.4) is 0 Å². The number of carbonyl (C=O) groups excluding carboxylic acids is 2. The molecule has 6 heterocycles. The van der Waals surface area contributed by atoms with Gasteiger partial charge >= 0.3 is 0 Å². The van der Waals surface area contributed by atoms with Crippen LogP contribution in [-0.2, 0) is 14.3 Å². The fraction of sp³-hybridized carbons (Fsp3) is 0.422. The summed E-state index contributed by atoms with van der Waals surface area (Å²) in [4.78, 5) is 47.4. The molecule has 5 unspecified atom stereocenters. The van der Waals surface area contributed by atoms with Gasteiger partial charge in [0, 0.05) is 36.3 Å². The summed E-state index contributed by atoms with van der Waals surface area (Å²) in [6.07, 6.45) is 25.7. The van der Waals surface area contributed by atoms with Crippen molar-refractivity contribution in [1.82, 2.24) is 35.2 Å². The Morgan fingerprint density at radius 2 is 1.82 bits per heavy atom. The number of aromatic amines is 1. The molecule has 0 radical (unpaired) electrons. The molecule has 2 aromatic rings. The van der Waals surface area contributed by atoms with Crippen LogP contribution in [0.15, 0.2) is 113 Å². The van der Waals surface area contributed by atoms with Crippen LogP contribution in [0.1, 0.15) is 81.9 Å². The Kier molecular flexibility index (Phi) is 10.8. The number of pyridine rings is 1. The van der Waals surface area contributed by atoms with Gasteiger partial charge in [-0.1, -0.05) is 51.3 Å². The number of carbonyl (C=O) groups is 2. The number of imidazole rings is 1. The van der Waals surface area contributed by atoms with E-state index in [0.717, 1.165) is 83.5 Å². The highest BCUT2D eigenvalue weighted by molar-refractivity contribution is 6.13. The largest absolute Gasteiger partial charge is 0.471 e. The molecule has 57 heavy (non-hydrogen) atoms. The molecule has 2 saturated heterocycles. The second kappa shape index (κ2) is 16.1. The van der Waals surface area contributed by atoms with Gasteiger partial charge in [-0.2, -0.15) is 0 Å². The van der Waals surface area contributed by atoms with Crippen LogP contribution in [0.2, 0.25) is 0 Å². The minimum Gasteiger partial charge on any atom is -0.471 e. The Hall–Kier alpha value is -5.62. The van der Waals surface area contributed by atoms with Crippen molar-refractivity contribution in [3.63, 3.8) is 0 Å². The average molecular weight is 768 g/mol. The molecule has 12 heteroatoms. The third-order valence-corrected chi connectivity index (χ3v) is 12.7. The molecule has 0 aromatic carbocycles. The van der Waals surface area contributed by atoms with Gasteiger partial charge in [-0.05, 0) is 104 Å². The summed E-state index contributed by atoms with van der Waals surface area (Å²) >= 11 is 0. The van der Waals surface area contributed by atoms with Crippen LogP contribution in [0.5, 0.6) is 0 Å². The average Bonchev–Trinajstić information content (AvgIpc) is 4.10. The number of likely N-dealkylation sites (tertiary alicyclic amines) is 1. The van der Waals surface area contributed by atoms with Gasteiger partial charge in [0.15, 0.2) is 0 Å². The number of rotatable bonds is 11. The van der Waals surface area contributed by atoms with Crippen molar-refractivity contribution >= 4 is 35.3 Å². The predicted molar refractivity (Wildman–Crippen MR) is 222 cm³/mol. The molecule has 2 bridgehead atoms. The number of ether oxygens (including phenoxy) is 1. The van der Waals surface area contributed by atoms with Crippen molar-refractivity contribution in [2.75, 3.05) is 20.7 Å². The van der Waals surface area contributed by atoms with Crippen LogP contribution in [0.4, 0.5) is 0 Å². The number of amides is 1. The zero-order chi connectivity index (χ0) is 39.8. The minimum atomic E-state index is -0.191. The molecule has 12 nitrogen and oxygen atoms in total. The summed E-state index contributed by atoms with van der Waals surface area (Å²) in [5.41, 5.74) is 8.12. The van der Waals surface area contributed by atoms with Crippen molar-refractivity contribution in [1.29, 1.82) is 0 Å². The number of hydrogen-bond acceptors (Lipinski definition) is 10. The molecule has 9 rings (SSSR count). The van der Waals surface area contributed by atoms with Gasteiger partial charge in [0.25, 0.3) is 6.47 Å². The second-order valence-corrected chi connectivity index (χ2v) is 16.3. The summed E-state index contributed by atoms with van der Waals surface area (Å²) in [5, 5.41) is 7.70. The van der Waals surface area contributed by atoms with Crippen LogP contribution >= 0.6 is 0 Å². The fourth-order valence-electron chi connectivity index (χ4n) is 9.92. The molecule has 2 aromatic heterocycles. The van der Waals surface area contributed by atoms with E-state index in [2.05, 4.69) is 93.6 Å². The molecular weight excluding hydrogens is 715 g/mol. The SMILES string of the molecule is C=C(/C=C\C(=C)C1=CN=C2C3C4CCC(C4)[C@@H]3C3=NC(c4cccnc4)=CN1N23)C1=CC=C(c2cnc(C3CCCN3C(=O)C(NC)C(C)C)[nH]2)CC1.COC=O. The van der Waals surface area contributed by atoms with Gasteiger partial charge in [-0.25, -0.2) is 25.0 Å². The zero-order valence-electron chi connectivity index (χ0n) is 33.4. The van der Waals surface area contributed by atoms with E-state index in [-0.39, 0.29) is 23.9 Å². The number of aliphatic imine (C=N–C) groups is 2. The standard InChI is InChI=1S/C43H49N9O.C2H4O2/c1-25(2)39(44-5)43(53)50-19-7-9-35(50)40-46-22-33(48-40)29-14-12-28(13-15-29)26(3)10-11-27(4)36-23-47-41-37-30-16-17-31(20-30)38(37)42-49-34(24-51(36)52(41)42)32-8-6-18-45-21-32;1-4-2-3/h6,8,10-12,14,18,21-25,30-31,35,37-39,44H,3-4,7,9,13,15-17,19-20H2,1-2,5H3,(H,46,48);2H,1H3/b11-10-;/t30?,31?,35?,37?,38-,39?;/m0./s1. The lowest BCUT2D eigenvalue weighted by Gasteiger charge is -2.40. The van der Waals surface area contributed by atoms with Crippen molar-refractivity contribution in [2.24, 2.45) is 39.6 Å². The molecule has 6 atom stereocenters.